The molecule has 11 atom stereocenters. The number of hydrogen-bond acceptors (Lipinski definition) is 14. The van der Waals surface area contributed by atoms with E-state index in [0.29, 0.717) is 12.8 Å². The van der Waals surface area contributed by atoms with Crippen LogP contribution in [0.5, 0.6) is 0 Å². The third kappa shape index (κ3) is 13.2. The summed E-state index contributed by atoms with van der Waals surface area (Å²) in [4.78, 5) is 50.4. The second-order valence-electron chi connectivity index (χ2n) is 14.0. The monoisotopic (exact) mass is 748 g/mol. The van der Waals surface area contributed by atoms with Crippen molar-refractivity contribution in [2.75, 3.05) is 6.61 Å². The van der Waals surface area contributed by atoms with E-state index in [2.05, 4.69) is 6.92 Å². The number of fused-ring (bicyclic) bond motifs is 3. The molecular formula is C39H56O14. The van der Waals surface area contributed by atoms with Crippen LogP contribution in [0, 0.1) is 0 Å². The average molecular weight is 749 g/mol. The Kier molecular flexibility index (Phi) is 17.3. The Balaban J connectivity index is 1.62. The van der Waals surface area contributed by atoms with Crippen LogP contribution in [0.25, 0.3) is 6.08 Å². The van der Waals surface area contributed by atoms with Gasteiger partial charge in [-0.3, -0.25) is 14.4 Å². The number of aliphatic hydroxyl groups is 3. The van der Waals surface area contributed by atoms with Crippen LogP contribution >= 0.6 is 0 Å². The average Bonchev–Trinajstić information content (AvgIpc) is 3.13. The molecule has 0 aliphatic carbocycles. The molecule has 2 bridgehead atoms. The number of carbonyl (C=O) groups is 4. The SMILES string of the molecule is CCCCC[C@H]1CCCCCCC(=O)CCC(=O)O[C@@H]2O[C@H](C)[C@H](OC(C)=O)[C@H](O)[C@H]2O[C@@H]2O[C@H](CO1)[C@@H](OC(=O)/C=C/c1ccccc1)[C@H](O)[C@H]2O. The molecule has 3 heterocycles. The summed E-state index contributed by atoms with van der Waals surface area (Å²) in [5.41, 5.74) is 0.746. The number of ketones is 1. The smallest absolute Gasteiger partial charge is 0.331 e. The maximum absolute atomic E-state index is 13.0. The van der Waals surface area contributed by atoms with Gasteiger partial charge in [-0.2, -0.15) is 0 Å². The first-order chi connectivity index (χ1) is 25.5. The Morgan fingerprint density at radius 3 is 2.34 bits per heavy atom. The molecule has 14 nitrogen and oxygen atoms in total. The Morgan fingerprint density at radius 2 is 1.60 bits per heavy atom. The molecule has 0 saturated carbocycles. The number of rotatable bonds is 8. The van der Waals surface area contributed by atoms with Crippen LogP contribution in [0.3, 0.4) is 0 Å². The van der Waals surface area contributed by atoms with E-state index in [4.69, 9.17) is 33.2 Å². The Bertz CT molecular complexity index is 1340. The van der Waals surface area contributed by atoms with Crippen molar-refractivity contribution in [1.82, 2.24) is 0 Å². The summed E-state index contributed by atoms with van der Waals surface area (Å²) >= 11 is 0. The molecule has 1 aromatic carbocycles. The van der Waals surface area contributed by atoms with Crippen molar-refractivity contribution >= 4 is 29.8 Å². The number of carbonyl (C=O) groups excluding carboxylic acids is 4. The summed E-state index contributed by atoms with van der Waals surface area (Å²) in [6.07, 6.45) is -4.53. The molecule has 0 spiro atoms. The van der Waals surface area contributed by atoms with Crippen molar-refractivity contribution < 1.29 is 67.7 Å². The van der Waals surface area contributed by atoms with Crippen LogP contribution in [0.1, 0.15) is 103 Å². The van der Waals surface area contributed by atoms with E-state index in [1.165, 1.54) is 13.0 Å². The number of Topliss-reactive ketones (excluding diaryl/α,β-unsaturated/α-hetero) is 1. The van der Waals surface area contributed by atoms with Crippen molar-refractivity contribution in [2.24, 2.45) is 0 Å². The van der Waals surface area contributed by atoms with E-state index in [9.17, 15) is 34.5 Å². The molecular weight excluding hydrogens is 692 g/mol. The molecule has 3 aliphatic rings. The number of hydrogen-bond donors (Lipinski definition) is 3. The molecule has 296 valence electrons. The number of aliphatic hydroxyl groups excluding tert-OH is 3. The Morgan fingerprint density at radius 1 is 0.849 bits per heavy atom. The third-order valence-corrected chi connectivity index (χ3v) is 9.66. The fourth-order valence-electron chi connectivity index (χ4n) is 6.71. The first-order valence-corrected chi connectivity index (χ1v) is 18.9. The first kappa shape index (κ1) is 42.5. The quantitative estimate of drug-likeness (QED) is 0.151. The molecule has 4 rings (SSSR count). The summed E-state index contributed by atoms with van der Waals surface area (Å²) < 4.78 is 40.9. The highest BCUT2D eigenvalue weighted by molar-refractivity contribution is 5.87. The lowest BCUT2D eigenvalue weighted by molar-refractivity contribution is -0.361. The van der Waals surface area contributed by atoms with Gasteiger partial charge in [0, 0.05) is 25.8 Å². The lowest BCUT2D eigenvalue weighted by Gasteiger charge is -2.46. The third-order valence-electron chi connectivity index (χ3n) is 9.66. The van der Waals surface area contributed by atoms with E-state index in [1.807, 2.05) is 18.2 Å². The number of unbranched alkanes of at least 4 members (excludes halogenated alkanes) is 2. The molecule has 1 aromatic rings. The largest absolute Gasteiger partial charge is 0.457 e. The number of esters is 3. The first-order valence-electron chi connectivity index (χ1n) is 18.9. The highest BCUT2D eigenvalue weighted by Crippen LogP contribution is 2.32. The molecule has 3 saturated heterocycles. The zero-order chi connectivity index (χ0) is 38.3. The Hall–Kier alpha value is -3.24. The summed E-state index contributed by atoms with van der Waals surface area (Å²) in [5, 5.41) is 34.1. The van der Waals surface area contributed by atoms with Gasteiger partial charge in [-0.25, -0.2) is 4.79 Å². The molecule has 53 heavy (non-hydrogen) atoms. The van der Waals surface area contributed by atoms with Crippen LogP contribution in [0.15, 0.2) is 36.4 Å². The van der Waals surface area contributed by atoms with Crippen molar-refractivity contribution in [1.29, 1.82) is 0 Å². The summed E-state index contributed by atoms with van der Waals surface area (Å²) in [5.74, 6) is -2.38. The van der Waals surface area contributed by atoms with Crippen LogP contribution in [0.4, 0.5) is 0 Å². The van der Waals surface area contributed by atoms with Crippen molar-refractivity contribution in [3.05, 3.63) is 42.0 Å². The summed E-state index contributed by atoms with van der Waals surface area (Å²) in [7, 11) is 0. The van der Waals surface area contributed by atoms with Gasteiger partial charge in [0.15, 0.2) is 24.6 Å². The van der Waals surface area contributed by atoms with Gasteiger partial charge in [-0.05, 0) is 37.8 Å². The van der Waals surface area contributed by atoms with Gasteiger partial charge in [0.2, 0.25) is 6.29 Å². The maximum atomic E-state index is 13.0. The van der Waals surface area contributed by atoms with Crippen LogP contribution in [-0.2, 0) is 52.3 Å². The van der Waals surface area contributed by atoms with Gasteiger partial charge in [0.1, 0.15) is 30.2 Å². The fraction of sp³-hybridized carbons (Fsp3) is 0.692. The lowest BCUT2D eigenvalue weighted by atomic mass is 9.97. The molecule has 0 amide bonds. The minimum atomic E-state index is -1.84. The van der Waals surface area contributed by atoms with Crippen molar-refractivity contribution in [2.45, 2.75) is 165 Å². The topological polar surface area (TPSA) is 194 Å². The van der Waals surface area contributed by atoms with Crippen molar-refractivity contribution in [3.63, 3.8) is 0 Å². The molecule has 3 fully saturated rings. The summed E-state index contributed by atoms with van der Waals surface area (Å²) in [6, 6.07) is 9.07. The van der Waals surface area contributed by atoms with Crippen LogP contribution in [0.2, 0.25) is 0 Å². The van der Waals surface area contributed by atoms with Crippen molar-refractivity contribution in [3.8, 4) is 0 Å². The van der Waals surface area contributed by atoms with Gasteiger partial charge in [0.25, 0.3) is 0 Å². The standard InChI is InChI=1S/C39H56O14/c1-4-5-9-17-28-18-13-7-6-12-16-27(41)20-22-31(43)52-39-37(34(46)35(24(2)48-39)49-25(3)40)53-38-33(45)32(44)36(29(50-38)23-47-28)51-30(42)21-19-26-14-10-8-11-15-26/h8,10-11,14-15,19,21,24,28-29,32-39,44-46H,4-7,9,12-13,16-18,20,22-23H2,1-3H3/b21-19+/t24-,28+,29-,32-,33-,34+,35+,36-,37-,38+,39+/m1/s1. The predicted octanol–water partition coefficient (Wildman–Crippen LogP) is 3.69. The normalized spacial score (nSPS) is 34.0. The molecule has 14 heteroatoms. The minimum Gasteiger partial charge on any atom is -0.457 e. The van der Waals surface area contributed by atoms with E-state index in [1.54, 1.807) is 18.2 Å². The number of ether oxygens (including phenoxy) is 7. The zero-order valence-corrected chi connectivity index (χ0v) is 30.9. The minimum absolute atomic E-state index is 0.0441. The maximum Gasteiger partial charge on any atom is 0.331 e. The summed E-state index contributed by atoms with van der Waals surface area (Å²) in [6.45, 7) is 4.62. The van der Waals surface area contributed by atoms with E-state index in [-0.39, 0.29) is 31.3 Å². The Labute approximate surface area is 311 Å². The van der Waals surface area contributed by atoms with Crippen LogP contribution in [-0.4, -0.2) is 113 Å². The van der Waals surface area contributed by atoms with E-state index < -0.39 is 79.3 Å². The molecule has 3 aliphatic heterocycles. The lowest BCUT2D eigenvalue weighted by Crippen LogP contribution is -2.65. The van der Waals surface area contributed by atoms with Gasteiger partial charge in [0.05, 0.1) is 25.2 Å². The van der Waals surface area contributed by atoms with Gasteiger partial charge in [-0.15, -0.1) is 0 Å². The highest BCUT2D eigenvalue weighted by atomic mass is 16.8. The fourth-order valence-corrected chi connectivity index (χ4v) is 6.71. The van der Waals surface area contributed by atoms with E-state index in [0.717, 1.165) is 63.9 Å². The second kappa shape index (κ2) is 21.6. The zero-order valence-electron chi connectivity index (χ0n) is 30.9. The number of benzene rings is 1. The molecule has 3 N–H and O–H groups in total. The van der Waals surface area contributed by atoms with Gasteiger partial charge >= 0.3 is 17.9 Å². The van der Waals surface area contributed by atoms with Gasteiger partial charge in [-0.1, -0.05) is 75.8 Å². The highest BCUT2D eigenvalue weighted by Gasteiger charge is 2.53. The predicted molar refractivity (Wildman–Crippen MR) is 189 cm³/mol. The molecule has 0 unspecified atom stereocenters. The molecule has 0 radical (unpaired) electrons. The second-order valence-corrected chi connectivity index (χ2v) is 14.0. The molecule has 0 aromatic heterocycles. The van der Waals surface area contributed by atoms with Gasteiger partial charge < -0.3 is 48.5 Å². The van der Waals surface area contributed by atoms with Crippen LogP contribution < -0.4 is 0 Å². The van der Waals surface area contributed by atoms with E-state index >= 15 is 0 Å².